The van der Waals surface area contributed by atoms with Crippen molar-refractivity contribution in [3.63, 3.8) is 0 Å². The van der Waals surface area contributed by atoms with Crippen LogP contribution in [0.2, 0.25) is 11.6 Å². The lowest BCUT2D eigenvalue weighted by Crippen LogP contribution is -2.25. The normalized spacial score (nSPS) is 30.1. The fraction of sp³-hybridized carbons (Fsp3) is 0.714. The summed E-state index contributed by atoms with van der Waals surface area (Å²) < 4.78 is 64.4. The molecule has 0 saturated heterocycles. The zero-order valence-corrected chi connectivity index (χ0v) is 17.1. The van der Waals surface area contributed by atoms with Crippen LogP contribution in [0.5, 0.6) is 0 Å². The van der Waals surface area contributed by atoms with Crippen molar-refractivity contribution in [3.8, 4) is 0 Å². The predicted molar refractivity (Wildman–Crippen MR) is 101 cm³/mol. The van der Waals surface area contributed by atoms with Gasteiger partial charge in [0.2, 0.25) is 0 Å². The number of benzene rings is 1. The fourth-order valence-electron chi connectivity index (χ4n) is 5.25. The molecule has 2 fully saturated rings. The molecule has 3 rings (SSSR count). The lowest BCUT2D eigenvalue weighted by Gasteiger charge is -2.38. The number of hydrogen-bond acceptors (Lipinski definition) is 0. The van der Waals surface area contributed by atoms with E-state index in [2.05, 4.69) is 0 Å². The highest BCUT2D eigenvalue weighted by molar-refractivity contribution is 6.37. The molecule has 2 saturated carbocycles. The van der Waals surface area contributed by atoms with Crippen LogP contribution < -0.4 is 0 Å². The first-order valence-electron chi connectivity index (χ1n) is 10.3. The summed E-state index contributed by atoms with van der Waals surface area (Å²) in [6.45, 7) is -0.152. The second-order valence-electron chi connectivity index (χ2n) is 8.46. The molecule has 1 aromatic rings. The molecule has 0 spiro atoms. The maximum absolute atomic E-state index is 13.9. The molecule has 0 atom stereocenters. The Bertz CT molecular complexity index is 599. The van der Waals surface area contributed by atoms with Crippen molar-refractivity contribution >= 4 is 9.52 Å². The van der Waals surface area contributed by atoms with Crippen LogP contribution in [0.3, 0.4) is 0 Å². The molecule has 0 amide bonds. The van der Waals surface area contributed by atoms with Gasteiger partial charge in [-0.1, -0.05) is 37.3 Å². The summed E-state index contributed by atoms with van der Waals surface area (Å²) in [5.74, 6) is 0.472. The molecule has 6 heteroatoms. The lowest BCUT2D eigenvalue weighted by atomic mass is 9.70. The van der Waals surface area contributed by atoms with Gasteiger partial charge in [-0.05, 0) is 67.2 Å². The Morgan fingerprint density at radius 1 is 0.889 bits per heavy atom. The average Bonchev–Trinajstić information content (AvgIpc) is 2.66. The summed E-state index contributed by atoms with van der Waals surface area (Å²) in [7, 11) is -0.237. The zero-order valence-electron chi connectivity index (χ0n) is 15.7. The summed E-state index contributed by atoms with van der Waals surface area (Å²) in [4.78, 5) is 0. The van der Waals surface area contributed by atoms with E-state index in [1.807, 2.05) is 0 Å². The molecule has 2 aliphatic carbocycles. The SMILES string of the molecule is FCC[SiH2][C@H]1CC[C@H](C2CCC(c3ccc(C(F)(F)F)c(F)c3)CC2)CC1. The van der Waals surface area contributed by atoms with Gasteiger partial charge in [0.15, 0.2) is 0 Å². The van der Waals surface area contributed by atoms with Gasteiger partial charge < -0.3 is 0 Å². The van der Waals surface area contributed by atoms with E-state index in [1.165, 1.54) is 31.7 Å². The van der Waals surface area contributed by atoms with Crippen molar-refractivity contribution < 1.29 is 22.0 Å². The first kappa shape index (κ1) is 20.8. The summed E-state index contributed by atoms with van der Waals surface area (Å²) in [5, 5.41) is 0. The second kappa shape index (κ2) is 9.06. The fourth-order valence-corrected chi connectivity index (χ4v) is 7.03. The number of alkyl halides is 4. The van der Waals surface area contributed by atoms with Crippen molar-refractivity contribution in [2.45, 2.75) is 75.0 Å². The first-order chi connectivity index (χ1) is 12.9. The molecule has 27 heavy (non-hydrogen) atoms. The highest BCUT2D eigenvalue weighted by atomic mass is 28.2. The Labute approximate surface area is 160 Å². The molecule has 0 heterocycles. The zero-order chi connectivity index (χ0) is 19.4. The number of hydrogen-bond donors (Lipinski definition) is 0. The maximum atomic E-state index is 13.9. The van der Waals surface area contributed by atoms with Crippen LogP contribution in [-0.4, -0.2) is 16.2 Å². The van der Waals surface area contributed by atoms with E-state index < -0.39 is 17.6 Å². The minimum atomic E-state index is -4.63. The van der Waals surface area contributed by atoms with Gasteiger partial charge >= 0.3 is 6.18 Å². The van der Waals surface area contributed by atoms with E-state index in [0.717, 1.165) is 55.3 Å². The molecule has 0 nitrogen and oxygen atoms in total. The highest BCUT2D eigenvalue weighted by Gasteiger charge is 2.35. The molecular formula is C21H29F5Si. The minimum absolute atomic E-state index is 0.152. The molecule has 0 radical (unpaired) electrons. The molecule has 1 aromatic carbocycles. The molecule has 0 aliphatic heterocycles. The molecule has 0 bridgehead atoms. The monoisotopic (exact) mass is 404 g/mol. The average molecular weight is 405 g/mol. The smallest absolute Gasteiger partial charge is 0.251 e. The van der Waals surface area contributed by atoms with Gasteiger partial charge in [-0.25, -0.2) is 4.39 Å². The van der Waals surface area contributed by atoms with Crippen LogP contribution in [0.4, 0.5) is 22.0 Å². The van der Waals surface area contributed by atoms with E-state index in [1.54, 1.807) is 0 Å². The van der Waals surface area contributed by atoms with Crippen molar-refractivity contribution in [1.29, 1.82) is 0 Å². The third-order valence-electron chi connectivity index (χ3n) is 6.85. The molecule has 2 aliphatic rings. The van der Waals surface area contributed by atoms with Crippen LogP contribution in [0.15, 0.2) is 18.2 Å². The number of halogens is 5. The molecular weight excluding hydrogens is 375 g/mol. The lowest BCUT2D eigenvalue weighted by molar-refractivity contribution is -0.140. The van der Waals surface area contributed by atoms with Gasteiger partial charge in [0.1, 0.15) is 5.82 Å². The van der Waals surface area contributed by atoms with E-state index in [0.29, 0.717) is 11.5 Å². The van der Waals surface area contributed by atoms with E-state index in [-0.39, 0.29) is 22.1 Å². The number of rotatable bonds is 5. The van der Waals surface area contributed by atoms with Crippen molar-refractivity contribution in [2.75, 3.05) is 6.67 Å². The first-order valence-corrected chi connectivity index (χ1v) is 12.1. The van der Waals surface area contributed by atoms with Crippen molar-refractivity contribution in [2.24, 2.45) is 11.8 Å². The third-order valence-corrected chi connectivity index (χ3v) is 9.15. The summed E-state index contributed by atoms with van der Waals surface area (Å²) in [5.41, 5.74) is 0.358. The Morgan fingerprint density at radius 2 is 1.48 bits per heavy atom. The van der Waals surface area contributed by atoms with E-state index >= 15 is 0 Å². The van der Waals surface area contributed by atoms with Gasteiger partial charge in [-0.15, -0.1) is 0 Å². The molecule has 0 aromatic heterocycles. The second-order valence-corrected chi connectivity index (χ2v) is 10.9. The van der Waals surface area contributed by atoms with Crippen LogP contribution in [0.25, 0.3) is 0 Å². The Kier molecular flexibility index (Phi) is 6.98. The minimum Gasteiger partial charge on any atom is -0.251 e. The van der Waals surface area contributed by atoms with E-state index in [9.17, 15) is 22.0 Å². The van der Waals surface area contributed by atoms with Crippen LogP contribution in [0, 0.1) is 17.7 Å². The Morgan fingerprint density at radius 3 is 2.00 bits per heavy atom. The van der Waals surface area contributed by atoms with Crippen molar-refractivity contribution in [3.05, 3.63) is 35.1 Å². The van der Waals surface area contributed by atoms with Gasteiger partial charge in [-0.3, -0.25) is 4.39 Å². The topological polar surface area (TPSA) is 0 Å². The van der Waals surface area contributed by atoms with Crippen LogP contribution >= 0.6 is 0 Å². The summed E-state index contributed by atoms with van der Waals surface area (Å²) in [6, 6.07) is 4.26. The van der Waals surface area contributed by atoms with Crippen LogP contribution in [0.1, 0.15) is 68.4 Å². The Balaban J connectivity index is 1.50. The van der Waals surface area contributed by atoms with Crippen molar-refractivity contribution in [1.82, 2.24) is 0 Å². The Hall–Kier alpha value is -0.913. The third kappa shape index (κ3) is 5.33. The van der Waals surface area contributed by atoms with Crippen LogP contribution in [-0.2, 0) is 6.18 Å². The highest BCUT2D eigenvalue weighted by Crippen LogP contribution is 2.45. The molecule has 152 valence electrons. The van der Waals surface area contributed by atoms with Gasteiger partial charge in [0.25, 0.3) is 0 Å². The van der Waals surface area contributed by atoms with Gasteiger partial charge in [0, 0.05) is 9.52 Å². The van der Waals surface area contributed by atoms with Gasteiger partial charge in [-0.2, -0.15) is 13.2 Å². The molecule has 0 N–H and O–H groups in total. The quantitative estimate of drug-likeness (QED) is 0.380. The maximum Gasteiger partial charge on any atom is 0.419 e. The summed E-state index contributed by atoms with van der Waals surface area (Å²) in [6.07, 6.45) is 4.46. The van der Waals surface area contributed by atoms with Gasteiger partial charge in [0.05, 0.1) is 12.2 Å². The predicted octanol–water partition coefficient (Wildman–Crippen LogP) is 6.65. The largest absolute Gasteiger partial charge is 0.419 e. The van der Waals surface area contributed by atoms with E-state index in [4.69, 9.17) is 0 Å². The molecule has 0 unspecified atom stereocenters. The summed E-state index contributed by atoms with van der Waals surface area (Å²) >= 11 is 0. The standard InChI is InChI=1S/C21H29F5Si/c22-11-12-27-18-8-5-15(6-9-18)14-1-3-16(4-2-14)17-7-10-19(20(23)13-17)21(24,25)26/h7,10,13-16,18H,1-6,8-9,11-12,27H2/t14?,15-,16?,18-.